The van der Waals surface area contributed by atoms with Crippen LogP contribution >= 0.6 is 0 Å². The van der Waals surface area contributed by atoms with Crippen LogP contribution in [0.25, 0.3) is 0 Å². The molecular weight excluding hydrogens is 325 g/mol. The molecule has 0 unspecified atom stereocenters. The Labute approximate surface area is 145 Å². The van der Waals surface area contributed by atoms with Gasteiger partial charge in [-0.15, -0.1) is 0 Å². The van der Waals surface area contributed by atoms with Crippen molar-refractivity contribution >= 4 is 11.8 Å². The quantitative estimate of drug-likeness (QED) is 0.901. The molecule has 0 bridgehead atoms. The predicted octanol–water partition coefficient (Wildman–Crippen LogP) is 2.20. The summed E-state index contributed by atoms with van der Waals surface area (Å²) in [6.07, 6.45) is 3.69. The van der Waals surface area contributed by atoms with Gasteiger partial charge in [0.05, 0.1) is 12.7 Å². The van der Waals surface area contributed by atoms with Crippen LogP contribution in [0.4, 0.5) is 4.39 Å². The summed E-state index contributed by atoms with van der Waals surface area (Å²) >= 11 is 0. The predicted molar refractivity (Wildman–Crippen MR) is 88.1 cm³/mol. The second-order valence-corrected chi connectivity index (χ2v) is 6.13. The van der Waals surface area contributed by atoms with Crippen LogP contribution < -0.4 is 5.32 Å². The van der Waals surface area contributed by atoms with Crippen LogP contribution in [-0.4, -0.2) is 34.8 Å². The summed E-state index contributed by atoms with van der Waals surface area (Å²) in [7, 11) is 0. The van der Waals surface area contributed by atoms with Gasteiger partial charge >= 0.3 is 0 Å². The number of carbonyl (C=O) groups is 2. The van der Waals surface area contributed by atoms with Crippen molar-refractivity contribution in [3.05, 3.63) is 53.5 Å². The molecule has 1 N–H and O–H groups in total. The van der Waals surface area contributed by atoms with Crippen LogP contribution in [0.5, 0.6) is 0 Å². The van der Waals surface area contributed by atoms with Gasteiger partial charge in [-0.05, 0) is 30.5 Å². The summed E-state index contributed by atoms with van der Waals surface area (Å²) < 4.78 is 19.1. The average molecular weight is 345 g/mol. The second-order valence-electron chi connectivity index (χ2n) is 6.13. The zero-order valence-electron chi connectivity index (χ0n) is 14.0. The molecule has 1 aromatic carbocycles. The number of halogens is 1. The molecule has 0 saturated carbocycles. The highest BCUT2D eigenvalue weighted by Gasteiger charge is 2.33. The van der Waals surface area contributed by atoms with E-state index in [2.05, 4.69) is 10.3 Å². The van der Waals surface area contributed by atoms with E-state index in [1.165, 1.54) is 19.1 Å². The lowest BCUT2D eigenvalue weighted by atomic mass is 10.1. The van der Waals surface area contributed by atoms with Gasteiger partial charge in [0.2, 0.25) is 17.7 Å². The first kappa shape index (κ1) is 17.1. The molecule has 2 aromatic rings. The molecule has 0 aliphatic carbocycles. The molecule has 2 amide bonds. The van der Waals surface area contributed by atoms with Crippen molar-refractivity contribution in [3.63, 3.8) is 0 Å². The molecule has 1 saturated heterocycles. The number of nitrogens with one attached hydrogen (secondary N) is 1. The summed E-state index contributed by atoms with van der Waals surface area (Å²) in [5.74, 6) is 0.435. The van der Waals surface area contributed by atoms with E-state index in [9.17, 15) is 14.0 Å². The number of amides is 2. The Morgan fingerprint density at radius 1 is 1.44 bits per heavy atom. The van der Waals surface area contributed by atoms with Crippen LogP contribution in [0, 0.1) is 5.82 Å². The van der Waals surface area contributed by atoms with E-state index in [1.807, 2.05) is 6.07 Å². The fourth-order valence-corrected chi connectivity index (χ4v) is 3.03. The highest BCUT2D eigenvalue weighted by molar-refractivity contribution is 5.84. The minimum absolute atomic E-state index is 0.0251. The maximum atomic E-state index is 13.3. The fourth-order valence-electron chi connectivity index (χ4n) is 3.03. The minimum atomic E-state index is -0.289. The first-order valence-electron chi connectivity index (χ1n) is 8.26. The average Bonchev–Trinajstić information content (AvgIpc) is 3.21. The summed E-state index contributed by atoms with van der Waals surface area (Å²) in [5, 5.41) is 2.52. The van der Waals surface area contributed by atoms with Gasteiger partial charge in [-0.3, -0.25) is 9.59 Å². The number of hydrogen-bond acceptors (Lipinski definition) is 4. The third-order valence-corrected chi connectivity index (χ3v) is 4.19. The lowest BCUT2D eigenvalue weighted by molar-refractivity contribution is -0.133. The molecule has 132 valence electrons. The fraction of sp³-hybridized carbons (Fsp3) is 0.389. The van der Waals surface area contributed by atoms with Gasteiger partial charge in [-0.1, -0.05) is 12.1 Å². The maximum Gasteiger partial charge on any atom is 0.242 e. The monoisotopic (exact) mass is 345 g/mol. The highest BCUT2D eigenvalue weighted by Crippen LogP contribution is 2.31. The second kappa shape index (κ2) is 7.46. The number of aromatic nitrogens is 1. The van der Waals surface area contributed by atoms with E-state index < -0.39 is 0 Å². The van der Waals surface area contributed by atoms with Gasteiger partial charge in [0, 0.05) is 19.9 Å². The van der Waals surface area contributed by atoms with Gasteiger partial charge in [-0.25, -0.2) is 9.37 Å². The number of benzene rings is 1. The number of rotatable bonds is 5. The molecule has 1 atom stereocenters. The standard InChI is InChI=1S/C18H20FN3O3/c1-12(23)20-11-17(24)22-7-3-6-16(22)18-21-10-15(25-18)9-13-4-2-5-14(19)8-13/h2,4-5,8,10,16H,3,6-7,9,11H2,1H3,(H,20,23)/t16-/m0/s1. The van der Waals surface area contributed by atoms with Gasteiger partial charge in [-0.2, -0.15) is 0 Å². The molecule has 25 heavy (non-hydrogen) atoms. The molecule has 2 heterocycles. The first-order valence-corrected chi connectivity index (χ1v) is 8.26. The van der Waals surface area contributed by atoms with Crippen LogP contribution in [0.15, 0.2) is 34.9 Å². The van der Waals surface area contributed by atoms with Crippen molar-refractivity contribution in [3.8, 4) is 0 Å². The highest BCUT2D eigenvalue weighted by atomic mass is 19.1. The van der Waals surface area contributed by atoms with Crippen molar-refractivity contribution in [1.29, 1.82) is 0 Å². The van der Waals surface area contributed by atoms with Crippen LogP contribution in [0.2, 0.25) is 0 Å². The van der Waals surface area contributed by atoms with E-state index >= 15 is 0 Å². The van der Waals surface area contributed by atoms with E-state index in [0.29, 0.717) is 24.6 Å². The molecule has 1 aromatic heterocycles. The number of oxazole rings is 1. The van der Waals surface area contributed by atoms with Crippen molar-refractivity contribution in [1.82, 2.24) is 15.2 Å². The lowest BCUT2D eigenvalue weighted by Gasteiger charge is -2.22. The van der Waals surface area contributed by atoms with Crippen LogP contribution in [-0.2, 0) is 16.0 Å². The number of hydrogen-bond donors (Lipinski definition) is 1. The summed E-state index contributed by atoms with van der Waals surface area (Å²) in [5.41, 5.74) is 0.799. The zero-order valence-corrected chi connectivity index (χ0v) is 14.0. The van der Waals surface area contributed by atoms with Crippen molar-refractivity contribution in [2.45, 2.75) is 32.2 Å². The largest absolute Gasteiger partial charge is 0.443 e. The third kappa shape index (κ3) is 4.23. The molecule has 1 aliphatic rings. The van der Waals surface area contributed by atoms with Gasteiger partial charge in [0.15, 0.2) is 0 Å². The third-order valence-electron chi connectivity index (χ3n) is 4.19. The van der Waals surface area contributed by atoms with Crippen molar-refractivity contribution in [2.75, 3.05) is 13.1 Å². The van der Waals surface area contributed by atoms with E-state index in [-0.39, 0.29) is 30.2 Å². The maximum absolute atomic E-state index is 13.3. The molecule has 6 nitrogen and oxygen atoms in total. The van der Waals surface area contributed by atoms with Crippen LogP contribution in [0.1, 0.15) is 43.0 Å². The summed E-state index contributed by atoms with van der Waals surface area (Å²) in [6.45, 7) is 1.97. The molecule has 3 rings (SSSR count). The number of nitrogens with zero attached hydrogens (tertiary/aromatic N) is 2. The molecule has 7 heteroatoms. The van der Waals surface area contributed by atoms with E-state index in [1.54, 1.807) is 17.2 Å². The SMILES string of the molecule is CC(=O)NCC(=O)N1CCC[C@H]1c1ncc(Cc2cccc(F)c2)o1. The Morgan fingerprint density at radius 3 is 3.04 bits per heavy atom. The Bertz CT molecular complexity index is 774. The normalized spacial score (nSPS) is 16.9. The van der Waals surface area contributed by atoms with Crippen LogP contribution in [0.3, 0.4) is 0 Å². The van der Waals surface area contributed by atoms with E-state index in [0.717, 1.165) is 18.4 Å². The number of carbonyl (C=O) groups excluding carboxylic acids is 2. The van der Waals surface area contributed by atoms with Gasteiger partial charge in [0.25, 0.3) is 0 Å². The molecule has 1 fully saturated rings. The molecule has 0 radical (unpaired) electrons. The Hall–Kier alpha value is -2.70. The smallest absolute Gasteiger partial charge is 0.242 e. The van der Waals surface area contributed by atoms with Crippen molar-refractivity contribution < 1.29 is 18.4 Å². The Morgan fingerprint density at radius 2 is 2.28 bits per heavy atom. The molecule has 1 aliphatic heterocycles. The Kier molecular flexibility index (Phi) is 5.11. The summed E-state index contributed by atoms with van der Waals surface area (Å²) in [4.78, 5) is 29.2. The number of likely N-dealkylation sites (tertiary alicyclic amines) is 1. The summed E-state index contributed by atoms with van der Waals surface area (Å²) in [6, 6.07) is 6.11. The lowest BCUT2D eigenvalue weighted by Crippen LogP contribution is -2.39. The molecule has 0 spiro atoms. The minimum Gasteiger partial charge on any atom is -0.443 e. The zero-order chi connectivity index (χ0) is 17.8. The Balaban J connectivity index is 1.68. The first-order chi connectivity index (χ1) is 12.0. The molecular formula is C18H20FN3O3. The van der Waals surface area contributed by atoms with Gasteiger partial charge < -0.3 is 14.6 Å². The topological polar surface area (TPSA) is 75.4 Å². The van der Waals surface area contributed by atoms with E-state index in [4.69, 9.17) is 4.42 Å². The van der Waals surface area contributed by atoms with Crippen molar-refractivity contribution in [2.24, 2.45) is 0 Å². The van der Waals surface area contributed by atoms with Gasteiger partial charge in [0.1, 0.15) is 17.6 Å².